The number of Topliss-reactive ketones (excluding diaryl/α,β-unsaturated/α-hetero) is 1. The largest absolute Gasteiger partial charge is 0.362 e. The number of hydrogen-bond acceptors (Lipinski definition) is 5. The quantitative estimate of drug-likeness (QED) is 0.597. The summed E-state index contributed by atoms with van der Waals surface area (Å²) in [5, 5.41) is 6.35. The lowest BCUT2D eigenvalue weighted by molar-refractivity contribution is -0.116. The van der Waals surface area contributed by atoms with Crippen molar-refractivity contribution in [1.29, 1.82) is 0 Å². The van der Waals surface area contributed by atoms with Gasteiger partial charge in [0.05, 0.1) is 11.6 Å². The number of carbonyl (C=O) groups is 2. The molecule has 2 N–H and O–H groups in total. The van der Waals surface area contributed by atoms with Crippen LogP contribution in [0.2, 0.25) is 0 Å². The van der Waals surface area contributed by atoms with Crippen LogP contribution in [-0.2, 0) is 9.59 Å². The molecule has 2 unspecified atom stereocenters. The second kappa shape index (κ2) is 9.06. The zero-order valence-corrected chi connectivity index (χ0v) is 19.2. The van der Waals surface area contributed by atoms with Gasteiger partial charge in [0.15, 0.2) is 5.78 Å². The van der Waals surface area contributed by atoms with Gasteiger partial charge in [0.2, 0.25) is 0 Å². The lowest BCUT2D eigenvalue weighted by Crippen LogP contribution is -2.37. The summed E-state index contributed by atoms with van der Waals surface area (Å²) < 4.78 is 0. The van der Waals surface area contributed by atoms with Crippen LogP contribution >= 0.6 is 0 Å². The van der Waals surface area contributed by atoms with Crippen molar-refractivity contribution in [2.45, 2.75) is 38.5 Å². The second-order valence-electron chi connectivity index (χ2n) is 8.81. The Kier molecular flexibility index (Phi) is 5.80. The molecule has 5 rings (SSSR count). The maximum absolute atomic E-state index is 13.6. The Bertz CT molecular complexity index is 1310. The number of hydrogen-bond donors (Lipinski definition) is 2. The number of nitrogens with zero attached hydrogens (tertiary/aromatic N) is 2. The Hall–Kier alpha value is -4.06. The molecule has 0 radical (unpaired) electrons. The van der Waals surface area contributed by atoms with Crippen LogP contribution in [0.5, 0.6) is 0 Å². The molecule has 1 aromatic carbocycles. The number of ketones is 1. The summed E-state index contributed by atoms with van der Waals surface area (Å²) in [5.41, 5.74) is 5.44. The molecule has 0 bridgehead atoms. The van der Waals surface area contributed by atoms with E-state index in [4.69, 9.17) is 0 Å². The lowest BCUT2D eigenvalue weighted by atomic mass is 9.72. The summed E-state index contributed by atoms with van der Waals surface area (Å²) in [6.07, 6.45) is 4.46. The van der Waals surface area contributed by atoms with Gasteiger partial charge in [-0.05, 0) is 55.5 Å². The first-order valence-corrected chi connectivity index (χ1v) is 11.5. The number of allylic oxidation sites excluding steroid dienone is 3. The molecule has 0 saturated carbocycles. The van der Waals surface area contributed by atoms with E-state index < -0.39 is 5.92 Å². The first-order chi connectivity index (χ1) is 16.5. The number of carbonyl (C=O) groups excluding carboxylic acids is 2. The molecule has 0 fully saturated rings. The smallest absolute Gasteiger partial charge is 0.255 e. The molecule has 2 atom stereocenters. The van der Waals surface area contributed by atoms with Gasteiger partial charge in [0.25, 0.3) is 5.91 Å². The number of nitrogens with one attached hydrogen (secondary N) is 2. The van der Waals surface area contributed by atoms with Crippen molar-refractivity contribution >= 4 is 17.5 Å². The summed E-state index contributed by atoms with van der Waals surface area (Å²) in [5.74, 6) is -0.169. The van der Waals surface area contributed by atoms with Gasteiger partial charge < -0.3 is 10.6 Å². The highest BCUT2D eigenvalue weighted by atomic mass is 16.2. The van der Waals surface area contributed by atoms with E-state index in [-0.39, 0.29) is 17.6 Å². The molecule has 2 aliphatic rings. The summed E-state index contributed by atoms with van der Waals surface area (Å²) >= 11 is 0. The molecule has 0 spiro atoms. The highest BCUT2D eigenvalue weighted by Gasteiger charge is 2.41. The van der Waals surface area contributed by atoms with Crippen LogP contribution in [0.1, 0.15) is 48.4 Å². The van der Waals surface area contributed by atoms with Gasteiger partial charge in [-0.15, -0.1) is 0 Å². The number of benzene rings is 1. The molecule has 170 valence electrons. The first kappa shape index (κ1) is 21.8. The summed E-state index contributed by atoms with van der Waals surface area (Å²) in [7, 11) is 0. The minimum Gasteiger partial charge on any atom is -0.362 e. The molecule has 3 heterocycles. The fourth-order valence-corrected chi connectivity index (χ4v) is 4.93. The highest BCUT2D eigenvalue weighted by Crippen LogP contribution is 2.45. The van der Waals surface area contributed by atoms with Crippen molar-refractivity contribution in [1.82, 2.24) is 15.3 Å². The fraction of sp³-hybridized carbons (Fsp3) is 0.214. The summed E-state index contributed by atoms with van der Waals surface area (Å²) in [4.78, 5) is 36.0. The van der Waals surface area contributed by atoms with Crippen molar-refractivity contribution in [2.24, 2.45) is 0 Å². The third-order valence-electron chi connectivity index (χ3n) is 6.57. The number of pyridine rings is 2. The SMILES string of the molecule is CC1=C(C(=O)Nc2ncccc2C)C(c2ccccn2)C2=C(CC(c3ccccc3)CC2=O)N1. The predicted octanol–water partition coefficient (Wildman–Crippen LogP) is 4.79. The normalized spacial score (nSPS) is 20.0. The van der Waals surface area contributed by atoms with E-state index in [1.165, 1.54) is 0 Å². The van der Waals surface area contributed by atoms with Crippen LogP contribution in [0.4, 0.5) is 5.82 Å². The number of rotatable bonds is 4. The van der Waals surface area contributed by atoms with Crippen LogP contribution in [-0.4, -0.2) is 21.7 Å². The van der Waals surface area contributed by atoms with E-state index >= 15 is 0 Å². The molecule has 34 heavy (non-hydrogen) atoms. The van der Waals surface area contributed by atoms with Crippen LogP contribution in [0.15, 0.2) is 95.6 Å². The van der Waals surface area contributed by atoms with Crippen molar-refractivity contribution in [2.75, 3.05) is 5.32 Å². The Balaban J connectivity index is 1.56. The predicted molar refractivity (Wildman–Crippen MR) is 131 cm³/mol. The van der Waals surface area contributed by atoms with E-state index in [0.717, 1.165) is 22.5 Å². The molecular formula is C28H26N4O2. The van der Waals surface area contributed by atoms with E-state index in [9.17, 15) is 9.59 Å². The van der Waals surface area contributed by atoms with Gasteiger partial charge in [-0.25, -0.2) is 4.98 Å². The molecule has 6 heteroatoms. The number of amides is 1. The van der Waals surface area contributed by atoms with Crippen LogP contribution in [0.3, 0.4) is 0 Å². The van der Waals surface area contributed by atoms with Crippen LogP contribution < -0.4 is 10.6 Å². The van der Waals surface area contributed by atoms with Gasteiger partial charge in [0, 0.05) is 41.4 Å². The minimum absolute atomic E-state index is 0.0464. The first-order valence-electron chi connectivity index (χ1n) is 11.5. The fourth-order valence-electron chi connectivity index (χ4n) is 4.93. The number of aromatic nitrogens is 2. The van der Waals surface area contributed by atoms with Crippen LogP contribution in [0.25, 0.3) is 0 Å². The van der Waals surface area contributed by atoms with Crippen molar-refractivity contribution in [3.05, 3.63) is 112 Å². The third kappa shape index (κ3) is 4.03. The average Bonchev–Trinajstić information content (AvgIpc) is 2.85. The summed E-state index contributed by atoms with van der Waals surface area (Å²) in [6, 6.07) is 19.5. The van der Waals surface area contributed by atoms with Crippen molar-refractivity contribution in [3.8, 4) is 0 Å². The van der Waals surface area contributed by atoms with E-state index in [1.807, 2.05) is 62.4 Å². The zero-order valence-electron chi connectivity index (χ0n) is 19.2. The molecule has 1 amide bonds. The van der Waals surface area contributed by atoms with Crippen molar-refractivity contribution in [3.63, 3.8) is 0 Å². The maximum atomic E-state index is 13.6. The van der Waals surface area contributed by atoms with E-state index in [2.05, 4.69) is 32.7 Å². The van der Waals surface area contributed by atoms with Gasteiger partial charge in [0.1, 0.15) is 5.82 Å². The second-order valence-corrected chi connectivity index (χ2v) is 8.81. The van der Waals surface area contributed by atoms with Crippen LogP contribution in [0, 0.1) is 6.92 Å². The van der Waals surface area contributed by atoms with E-state index in [1.54, 1.807) is 12.4 Å². The highest BCUT2D eigenvalue weighted by molar-refractivity contribution is 6.09. The van der Waals surface area contributed by atoms with Gasteiger partial charge in [-0.3, -0.25) is 14.6 Å². The number of anilines is 1. The summed E-state index contributed by atoms with van der Waals surface area (Å²) in [6.45, 7) is 3.78. The van der Waals surface area contributed by atoms with Gasteiger partial charge in [-0.1, -0.05) is 42.5 Å². The Morgan fingerprint density at radius 3 is 2.44 bits per heavy atom. The van der Waals surface area contributed by atoms with Crippen molar-refractivity contribution < 1.29 is 9.59 Å². The monoisotopic (exact) mass is 450 g/mol. The third-order valence-corrected chi connectivity index (χ3v) is 6.57. The van der Waals surface area contributed by atoms with Gasteiger partial charge in [-0.2, -0.15) is 0 Å². The molecule has 0 saturated heterocycles. The topological polar surface area (TPSA) is 84.0 Å². The van der Waals surface area contributed by atoms with Gasteiger partial charge >= 0.3 is 0 Å². The molecule has 3 aromatic rings. The van der Waals surface area contributed by atoms with E-state index in [0.29, 0.717) is 35.5 Å². The Morgan fingerprint density at radius 2 is 1.71 bits per heavy atom. The maximum Gasteiger partial charge on any atom is 0.255 e. The Morgan fingerprint density at radius 1 is 0.941 bits per heavy atom. The average molecular weight is 451 g/mol. The molecule has 6 nitrogen and oxygen atoms in total. The number of aryl methyl sites for hydroxylation is 1. The zero-order chi connectivity index (χ0) is 23.7. The molecular weight excluding hydrogens is 424 g/mol. The molecule has 1 aliphatic carbocycles. The molecule has 2 aromatic heterocycles. The minimum atomic E-state index is -0.536. The number of dihydropyridines is 1. The molecule has 1 aliphatic heterocycles. The Labute approximate surface area is 198 Å². The lowest BCUT2D eigenvalue weighted by Gasteiger charge is -2.36. The standard InChI is InChI=1S/C28H26N4O2/c1-17-9-8-14-30-27(17)32-28(34)24-18(2)31-22-15-20(19-10-4-3-5-11-19)16-23(33)25(22)26(24)21-12-6-7-13-29-21/h3-14,20,26,31H,15-16H2,1-2H3,(H,30,32,34).